The van der Waals surface area contributed by atoms with Gasteiger partial charge >= 0.3 is 0 Å². The highest BCUT2D eigenvalue weighted by atomic mass is 16.5. The van der Waals surface area contributed by atoms with E-state index in [-0.39, 0.29) is 5.91 Å². The molecule has 0 spiro atoms. The predicted molar refractivity (Wildman–Crippen MR) is 110 cm³/mol. The number of pyridine rings is 1. The summed E-state index contributed by atoms with van der Waals surface area (Å²) in [7, 11) is 5.38. The number of anilines is 2. The van der Waals surface area contributed by atoms with Crippen molar-refractivity contribution in [1.29, 1.82) is 0 Å². The molecule has 7 heteroatoms. The number of likely N-dealkylation sites (N-methyl/N-ethyl adjacent to an activating group) is 1. The van der Waals surface area contributed by atoms with Gasteiger partial charge in [0, 0.05) is 32.6 Å². The number of piperazine rings is 1. The number of benzene rings is 1. The van der Waals surface area contributed by atoms with Crippen molar-refractivity contribution in [1.82, 2.24) is 9.88 Å². The fraction of sp³-hybridized carbons (Fsp3) is 0.429. The molecule has 1 saturated heterocycles. The average molecular weight is 384 g/mol. The fourth-order valence-corrected chi connectivity index (χ4v) is 3.23. The van der Waals surface area contributed by atoms with Crippen molar-refractivity contribution < 1.29 is 14.3 Å². The quantitative estimate of drug-likeness (QED) is 0.791. The van der Waals surface area contributed by atoms with Gasteiger partial charge in [0.25, 0.3) is 0 Å². The van der Waals surface area contributed by atoms with Crippen molar-refractivity contribution in [2.24, 2.45) is 0 Å². The lowest BCUT2D eigenvalue weighted by atomic mass is 10.1. The smallest absolute Gasteiger partial charge is 0.224 e. The molecule has 1 aromatic heterocycles. The first kappa shape index (κ1) is 19.9. The normalized spacial score (nSPS) is 14.6. The number of nitrogens with zero attached hydrogens (tertiary/aromatic N) is 3. The Morgan fingerprint density at radius 2 is 1.89 bits per heavy atom. The van der Waals surface area contributed by atoms with E-state index in [4.69, 9.17) is 9.47 Å². The van der Waals surface area contributed by atoms with E-state index < -0.39 is 0 Å². The van der Waals surface area contributed by atoms with Crippen LogP contribution in [0, 0.1) is 0 Å². The van der Waals surface area contributed by atoms with E-state index in [9.17, 15) is 4.79 Å². The first-order chi connectivity index (χ1) is 13.6. The molecule has 1 aromatic carbocycles. The highest BCUT2D eigenvalue weighted by Crippen LogP contribution is 2.25. The molecule has 28 heavy (non-hydrogen) atoms. The van der Waals surface area contributed by atoms with Gasteiger partial charge in [-0.3, -0.25) is 4.79 Å². The van der Waals surface area contributed by atoms with Gasteiger partial charge in [-0.15, -0.1) is 0 Å². The first-order valence-corrected chi connectivity index (χ1v) is 9.49. The molecule has 1 fully saturated rings. The average Bonchev–Trinajstić information content (AvgIpc) is 2.73. The van der Waals surface area contributed by atoms with Crippen LogP contribution in [0.1, 0.15) is 12.0 Å². The summed E-state index contributed by atoms with van der Waals surface area (Å²) >= 11 is 0. The fourth-order valence-electron chi connectivity index (χ4n) is 3.23. The molecular formula is C21H28N4O3. The lowest BCUT2D eigenvalue weighted by molar-refractivity contribution is -0.116. The summed E-state index contributed by atoms with van der Waals surface area (Å²) < 4.78 is 10.6. The van der Waals surface area contributed by atoms with E-state index in [0.29, 0.717) is 18.5 Å². The third-order valence-electron chi connectivity index (χ3n) is 4.97. The van der Waals surface area contributed by atoms with Crippen LogP contribution in [0.2, 0.25) is 0 Å². The van der Waals surface area contributed by atoms with Crippen molar-refractivity contribution >= 4 is 17.4 Å². The number of carbonyl (C=O) groups is 1. The first-order valence-electron chi connectivity index (χ1n) is 9.49. The van der Waals surface area contributed by atoms with Crippen molar-refractivity contribution in [3.8, 4) is 11.5 Å². The number of rotatable bonds is 7. The molecule has 0 radical (unpaired) electrons. The van der Waals surface area contributed by atoms with Gasteiger partial charge in [-0.2, -0.15) is 0 Å². The summed E-state index contributed by atoms with van der Waals surface area (Å²) in [6.45, 7) is 4.01. The van der Waals surface area contributed by atoms with E-state index in [2.05, 4.69) is 27.1 Å². The molecular weight excluding hydrogens is 356 g/mol. The number of carbonyl (C=O) groups excluding carboxylic acids is 1. The van der Waals surface area contributed by atoms with Crippen molar-refractivity contribution in [3.05, 3.63) is 42.1 Å². The van der Waals surface area contributed by atoms with E-state index in [1.165, 1.54) is 0 Å². The molecule has 1 amide bonds. The van der Waals surface area contributed by atoms with Gasteiger partial charge in [-0.05, 0) is 49.4 Å². The van der Waals surface area contributed by atoms with Crippen molar-refractivity contribution in [2.75, 3.05) is 57.7 Å². The zero-order valence-electron chi connectivity index (χ0n) is 16.8. The van der Waals surface area contributed by atoms with Crippen molar-refractivity contribution in [2.45, 2.75) is 12.8 Å². The number of amides is 1. The monoisotopic (exact) mass is 384 g/mol. The Hall–Kier alpha value is -2.80. The summed E-state index contributed by atoms with van der Waals surface area (Å²) in [5.74, 6) is 2.40. The van der Waals surface area contributed by atoms with E-state index in [0.717, 1.165) is 49.1 Å². The van der Waals surface area contributed by atoms with Crippen molar-refractivity contribution in [3.63, 3.8) is 0 Å². The van der Waals surface area contributed by atoms with Crippen LogP contribution in [0.15, 0.2) is 36.5 Å². The number of nitrogens with one attached hydrogen (secondary N) is 1. The summed E-state index contributed by atoms with van der Waals surface area (Å²) in [5.41, 5.74) is 1.65. The second kappa shape index (κ2) is 9.41. The Bertz CT molecular complexity index is 787. The SMILES string of the molecule is COc1ccc(OC)c(CCC(=O)Nc2ccc(N3CCN(C)CC3)nc2)c1. The Labute approximate surface area is 166 Å². The lowest BCUT2D eigenvalue weighted by Gasteiger charge is -2.33. The number of hydrogen-bond donors (Lipinski definition) is 1. The Morgan fingerprint density at radius 1 is 1.11 bits per heavy atom. The standard InChI is InChI=1S/C21H28N4O3/c1-24-10-12-25(13-11-24)20-8-5-17(15-22-20)23-21(26)9-4-16-14-18(27-2)6-7-19(16)28-3/h5-8,14-15H,4,9-13H2,1-3H3,(H,23,26). The van der Waals surface area contributed by atoms with Crippen LogP contribution in [0.4, 0.5) is 11.5 Å². The molecule has 1 aliphatic heterocycles. The van der Waals surface area contributed by atoms with E-state index >= 15 is 0 Å². The molecule has 0 unspecified atom stereocenters. The molecule has 7 nitrogen and oxygen atoms in total. The largest absolute Gasteiger partial charge is 0.497 e. The highest BCUT2D eigenvalue weighted by Gasteiger charge is 2.15. The topological polar surface area (TPSA) is 66.9 Å². The van der Waals surface area contributed by atoms with Crippen LogP contribution in [0.25, 0.3) is 0 Å². The number of ether oxygens (including phenoxy) is 2. The highest BCUT2D eigenvalue weighted by molar-refractivity contribution is 5.90. The summed E-state index contributed by atoms with van der Waals surface area (Å²) in [5, 5.41) is 2.92. The van der Waals surface area contributed by atoms with Gasteiger partial charge in [0.05, 0.1) is 26.1 Å². The summed E-state index contributed by atoms with van der Waals surface area (Å²) in [6.07, 6.45) is 2.64. The van der Waals surface area contributed by atoms with Crippen LogP contribution in [-0.4, -0.2) is 63.2 Å². The van der Waals surface area contributed by atoms with Gasteiger partial charge in [-0.1, -0.05) is 0 Å². The Kier molecular flexibility index (Phi) is 6.71. The Balaban J connectivity index is 1.54. The number of hydrogen-bond acceptors (Lipinski definition) is 6. The molecule has 1 aliphatic rings. The third-order valence-corrected chi connectivity index (χ3v) is 4.97. The maximum Gasteiger partial charge on any atom is 0.224 e. The van der Waals surface area contributed by atoms with Gasteiger partial charge < -0.3 is 24.6 Å². The zero-order valence-corrected chi connectivity index (χ0v) is 16.8. The predicted octanol–water partition coefficient (Wildman–Crippen LogP) is 2.42. The van der Waals surface area contributed by atoms with Gasteiger partial charge in [0.1, 0.15) is 17.3 Å². The molecule has 1 N–H and O–H groups in total. The second-order valence-corrected chi connectivity index (χ2v) is 6.92. The minimum atomic E-state index is -0.0565. The summed E-state index contributed by atoms with van der Waals surface area (Å²) in [6, 6.07) is 9.47. The molecule has 0 atom stereocenters. The number of aromatic nitrogens is 1. The number of methoxy groups -OCH3 is 2. The minimum absolute atomic E-state index is 0.0565. The lowest BCUT2D eigenvalue weighted by Crippen LogP contribution is -2.44. The molecule has 150 valence electrons. The molecule has 2 aromatic rings. The second-order valence-electron chi connectivity index (χ2n) is 6.92. The molecule has 0 bridgehead atoms. The van der Waals surface area contributed by atoms with Crippen LogP contribution in [-0.2, 0) is 11.2 Å². The van der Waals surface area contributed by atoms with Crippen LogP contribution < -0.4 is 19.7 Å². The molecule has 0 aliphatic carbocycles. The van der Waals surface area contributed by atoms with Gasteiger partial charge in [0.2, 0.25) is 5.91 Å². The van der Waals surface area contributed by atoms with Crippen LogP contribution >= 0.6 is 0 Å². The maximum absolute atomic E-state index is 12.3. The molecule has 3 rings (SSSR count). The van der Waals surface area contributed by atoms with Crippen LogP contribution in [0.5, 0.6) is 11.5 Å². The minimum Gasteiger partial charge on any atom is -0.497 e. The summed E-state index contributed by atoms with van der Waals surface area (Å²) in [4.78, 5) is 21.4. The number of aryl methyl sites for hydroxylation is 1. The van der Waals surface area contributed by atoms with Crippen LogP contribution in [0.3, 0.4) is 0 Å². The van der Waals surface area contributed by atoms with Gasteiger partial charge in [-0.25, -0.2) is 4.98 Å². The third kappa shape index (κ3) is 5.13. The van der Waals surface area contributed by atoms with E-state index in [1.807, 2.05) is 30.3 Å². The van der Waals surface area contributed by atoms with Gasteiger partial charge in [0.15, 0.2) is 0 Å². The maximum atomic E-state index is 12.3. The molecule has 2 heterocycles. The molecule has 0 saturated carbocycles. The zero-order chi connectivity index (χ0) is 19.9. The Morgan fingerprint density at radius 3 is 2.54 bits per heavy atom. The van der Waals surface area contributed by atoms with E-state index in [1.54, 1.807) is 20.4 Å².